The first kappa shape index (κ1) is 12.3. The van der Waals surface area contributed by atoms with Gasteiger partial charge in [-0.1, -0.05) is 0 Å². The maximum atomic E-state index is 10.1. The lowest BCUT2D eigenvalue weighted by molar-refractivity contribution is 0.0692. The first-order chi connectivity index (χ1) is 7.88. The minimum absolute atomic E-state index is 0.220. The largest absolute Gasteiger partial charge is 0.392 e. The van der Waals surface area contributed by atoms with E-state index in [2.05, 4.69) is 26.0 Å². The summed E-state index contributed by atoms with van der Waals surface area (Å²) in [4.78, 5) is 3.89. The fourth-order valence-corrected chi connectivity index (χ4v) is 2.57. The van der Waals surface area contributed by atoms with E-state index in [0.29, 0.717) is 21.2 Å². The number of nitrogens with zero attached hydrogens (tertiary/aromatic N) is 3. The number of rotatable bonds is 2. The Labute approximate surface area is 106 Å². The molecule has 2 heterocycles. The van der Waals surface area contributed by atoms with Crippen molar-refractivity contribution in [3.63, 3.8) is 0 Å². The van der Waals surface area contributed by atoms with Crippen molar-refractivity contribution in [2.24, 2.45) is 0 Å². The maximum Gasteiger partial charge on any atom is 0.152 e. The monoisotopic (exact) mass is 300 g/mol. The van der Waals surface area contributed by atoms with Crippen LogP contribution in [0.3, 0.4) is 0 Å². The van der Waals surface area contributed by atoms with E-state index >= 15 is 0 Å². The van der Waals surface area contributed by atoms with Crippen molar-refractivity contribution in [1.82, 2.24) is 14.6 Å². The van der Waals surface area contributed by atoms with Crippen LogP contribution in [0, 0.1) is 0 Å². The predicted octanol–water partition coefficient (Wildman–Crippen LogP) is 0.794. The molecule has 0 bridgehead atoms. The number of fused-ring (bicyclic) bond motifs is 1. The summed E-state index contributed by atoms with van der Waals surface area (Å²) in [7, 11) is 0. The first-order valence-electron chi connectivity index (χ1n) is 5.01. The molecule has 0 fully saturated rings. The molecule has 2 aromatic heterocycles. The van der Waals surface area contributed by atoms with Gasteiger partial charge in [0, 0.05) is 5.56 Å². The van der Waals surface area contributed by atoms with E-state index in [9.17, 15) is 10.2 Å². The van der Waals surface area contributed by atoms with Crippen molar-refractivity contribution in [3.05, 3.63) is 22.1 Å². The number of anilines is 1. The predicted molar refractivity (Wildman–Crippen MR) is 66.3 cm³/mol. The van der Waals surface area contributed by atoms with Crippen LogP contribution in [0.2, 0.25) is 0 Å². The van der Waals surface area contributed by atoms with Crippen LogP contribution in [0.25, 0.3) is 5.52 Å². The van der Waals surface area contributed by atoms with Crippen molar-refractivity contribution in [2.75, 3.05) is 5.73 Å². The van der Waals surface area contributed by atoms with E-state index in [4.69, 9.17) is 5.73 Å². The van der Waals surface area contributed by atoms with Crippen LogP contribution in [-0.4, -0.2) is 24.8 Å². The molecule has 4 N–H and O–H groups in total. The number of nitrogen functional groups attached to an aromatic ring is 1. The number of aromatic nitrogens is 3. The smallest absolute Gasteiger partial charge is 0.152 e. The molecule has 0 saturated carbocycles. The summed E-state index contributed by atoms with van der Waals surface area (Å²) in [5.74, 6) is 0.289. The second-order valence-electron chi connectivity index (χ2n) is 4.26. The third-order valence-corrected chi connectivity index (χ3v) is 3.38. The standard InChI is InChI=1S/C10H13BrN4O2/c1-10(2,17)8-5(3-16)6(11)7-9(12)13-4-14-15(7)8/h4,16-17H,3H2,1-2H3,(H2,12,13,14). The highest BCUT2D eigenvalue weighted by molar-refractivity contribution is 9.10. The van der Waals surface area contributed by atoms with Crippen LogP contribution >= 0.6 is 15.9 Å². The SMILES string of the molecule is CC(C)(O)c1c(CO)c(Br)c2c(N)ncnn12. The topological polar surface area (TPSA) is 96.7 Å². The van der Waals surface area contributed by atoms with E-state index in [1.165, 1.54) is 10.8 Å². The quantitative estimate of drug-likeness (QED) is 0.762. The van der Waals surface area contributed by atoms with Crippen LogP contribution in [0.5, 0.6) is 0 Å². The Morgan fingerprint density at radius 1 is 1.53 bits per heavy atom. The normalized spacial score (nSPS) is 12.3. The zero-order valence-electron chi connectivity index (χ0n) is 9.48. The molecule has 0 atom stereocenters. The molecule has 0 amide bonds. The molecular formula is C10H13BrN4O2. The number of hydrogen-bond donors (Lipinski definition) is 3. The molecule has 92 valence electrons. The van der Waals surface area contributed by atoms with Gasteiger partial charge in [0.05, 0.1) is 16.8 Å². The molecule has 0 aromatic carbocycles. The lowest BCUT2D eigenvalue weighted by atomic mass is 10.0. The van der Waals surface area contributed by atoms with Crippen molar-refractivity contribution in [1.29, 1.82) is 0 Å². The van der Waals surface area contributed by atoms with Crippen molar-refractivity contribution in [2.45, 2.75) is 26.1 Å². The fraction of sp³-hybridized carbons (Fsp3) is 0.400. The van der Waals surface area contributed by atoms with Crippen LogP contribution in [0.15, 0.2) is 10.8 Å². The fourth-order valence-electron chi connectivity index (χ4n) is 1.89. The highest BCUT2D eigenvalue weighted by atomic mass is 79.9. The lowest BCUT2D eigenvalue weighted by Gasteiger charge is -2.18. The second-order valence-corrected chi connectivity index (χ2v) is 5.06. The molecule has 0 aliphatic carbocycles. The van der Waals surface area contributed by atoms with E-state index < -0.39 is 5.60 Å². The average molecular weight is 301 g/mol. The van der Waals surface area contributed by atoms with Crippen molar-refractivity contribution in [3.8, 4) is 0 Å². The molecule has 0 aliphatic rings. The number of halogens is 1. The number of nitrogens with two attached hydrogens (primary N) is 1. The molecule has 0 spiro atoms. The minimum Gasteiger partial charge on any atom is -0.392 e. The zero-order chi connectivity index (χ0) is 12.8. The summed E-state index contributed by atoms with van der Waals surface area (Å²) in [6.07, 6.45) is 1.31. The highest BCUT2D eigenvalue weighted by Crippen LogP contribution is 2.35. The van der Waals surface area contributed by atoms with Crippen LogP contribution < -0.4 is 5.73 Å². The maximum absolute atomic E-state index is 10.1. The third kappa shape index (κ3) is 1.80. The Bertz CT molecular complexity index is 574. The minimum atomic E-state index is -1.15. The number of hydrogen-bond acceptors (Lipinski definition) is 5. The molecule has 0 saturated heterocycles. The van der Waals surface area contributed by atoms with E-state index in [1.54, 1.807) is 13.8 Å². The van der Waals surface area contributed by atoms with Gasteiger partial charge in [-0.25, -0.2) is 9.50 Å². The molecule has 2 rings (SSSR count). The molecule has 17 heavy (non-hydrogen) atoms. The number of aliphatic hydroxyl groups excluding tert-OH is 1. The Morgan fingerprint density at radius 2 is 2.18 bits per heavy atom. The Hall–Kier alpha value is -1.18. The van der Waals surface area contributed by atoms with Gasteiger partial charge in [-0.2, -0.15) is 5.10 Å². The van der Waals surface area contributed by atoms with E-state index in [1.807, 2.05) is 0 Å². The van der Waals surface area contributed by atoms with Gasteiger partial charge < -0.3 is 15.9 Å². The van der Waals surface area contributed by atoms with Gasteiger partial charge in [-0.3, -0.25) is 0 Å². The van der Waals surface area contributed by atoms with Gasteiger partial charge >= 0.3 is 0 Å². The van der Waals surface area contributed by atoms with Gasteiger partial charge in [0.2, 0.25) is 0 Å². The van der Waals surface area contributed by atoms with Crippen LogP contribution in [-0.2, 0) is 12.2 Å². The van der Waals surface area contributed by atoms with Crippen LogP contribution in [0.4, 0.5) is 5.82 Å². The van der Waals surface area contributed by atoms with Crippen LogP contribution in [0.1, 0.15) is 25.1 Å². The first-order valence-corrected chi connectivity index (χ1v) is 5.80. The van der Waals surface area contributed by atoms with Crippen molar-refractivity contribution < 1.29 is 10.2 Å². The van der Waals surface area contributed by atoms with Gasteiger partial charge in [0.1, 0.15) is 17.4 Å². The molecule has 7 heteroatoms. The summed E-state index contributed by atoms with van der Waals surface area (Å²) in [5.41, 5.74) is 6.23. The molecule has 0 radical (unpaired) electrons. The van der Waals surface area contributed by atoms with Gasteiger partial charge in [-0.05, 0) is 29.8 Å². The van der Waals surface area contributed by atoms with E-state index in [-0.39, 0.29) is 12.4 Å². The Balaban J connectivity index is 2.96. The van der Waals surface area contributed by atoms with Crippen molar-refractivity contribution >= 4 is 27.3 Å². The summed E-state index contributed by atoms with van der Waals surface area (Å²) in [6, 6.07) is 0. The molecule has 0 aliphatic heterocycles. The van der Waals surface area contributed by atoms with Gasteiger partial charge in [0.25, 0.3) is 0 Å². The summed E-state index contributed by atoms with van der Waals surface area (Å²) in [6.45, 7) is 3.03. The molecule has 2 aromatic rings. The van der Waals surface area contributed by atoms with E-state index in [0.717, 1.165) is 0 Å². The zero-order valence-corrected chi connectivity index (χ0v) is 11.1. The average Bonchev–Trinajstić information content (AvgIpc) is 2.52. The van der Waals surface area contributed by atoms with Gasteiger partial charge in [-0.15, -0.1) is 0 Å². The van der Waals surface area contributed by atoms with Gasteiger partial charge in [0.15, 0.2) is 5.82 Å². The summed E-state index contributed by atoms with van der Waals surface area (Å²) < 4.78 is 2.10. The lowest BCUT2D eigenvalue weighted by Crippen LogP contribution is -2.21. The molecule has 6 nitrogen and oxygen atoms in total. The number of aliphatic hydroxyl groups is 2. The second kappa shape index (κ2) is 3.94. The Morgan fingerprint density at radius 3 is 2.71 bits per heavy atom. The Kier molecular flexibility index (Phi) is 2.84. The molecule has 0 unspecified atom stereocenters. The molecular weight excluding hydrogens is 288 g/mol. The summed E-state index contributed by atoms with van der Waals surface area (Å²) >= 11 is 3.35. The highest BCUT2D eigenvalue weighted by Gasteiger charge is 2.29. The summed E-state index contributed by atoms with van der Waals surface area (Å²) in [5, 5.41) is 23.6. The third-order valence-electron chi connectivity index (χ3n) is 2.53.